The molecule has 0 radical (unpaired) electrons. The van der Waals surface area contributed by atoms with Gasteiger partial charge in [0, 0.05) is 61.8 Å². The predicted molar refractivity (Wildman–Crippen MR) is 466 cm³/mol. The van der Waals surface area contributed by atoms with E-state index in [1.165, 1.54) is 99.7 Å². The van der Waals surface area contributed by atoms with Gasteiger partial charge in [-0.25, -0.2) is 0 Å². The summed E-state index contributed by atoms with van der Waals surface area (Å²) in [5.74, 6) is -0.401. The fourth-order valence-electron chi connectivity index (χ4n) is 17.8. The maximum Gasteiger partial charge on any atom is 0.0618 e. The average molecular weight is 1420 g/mol. The van der Waals surface area contributed by atoms with Crippen molar-refractivity contribution in [1.82, 2.24) is 4.57 Å². The van der Waals surface area contributed by atoms with E-state index in [0.29, 0.717) is 5.69 Å². The second kappa shape index (κ2) is 25.6. The minimum absolute atomic E-state index is 0.0465. The third-order valence-electron chi connectivity index (χ3n) is 24.1. The molecule has 1 aromatic heterocycles. The number of nitrogens with zero attached hydrogens (tertiary/aromatic N) is 3. The third-order valence-corrected chi connectivity index (χ3v) is 24.1. The van der Waals surface area contributed by atoms with E-state index in [1.807, 2.05) is 0 Å². The number of nitrogens with two attached hydrogens (primary N) is 1. The van der Waals surface area contributed by atoms with Gasteiger partial charge in [0.2, 0.25) is 0 Å². The highest BCUT2D eigenvalue weighted by atomic mass is 15.2. The first-order chi connectivity index (χ1) is 51.8. The summed E-state index contributed by atoms with van der Waals surface area (Å²) in [5.41, 5.74) is 45.1. The fraction of sp³-hybridized carbons (Fsp3) is 0.257. The Bertz CT molecular complexity index is 5670. The lowest BCUT2D eigenvalue weighted by molar-refractivity contribution is 0.590. The van der Waals surface area contributed by atoms with Crippen LogP contribution in [0.15, 0.2) is 267 Å². The summed E-state index contributed by atoms with van der Waals surface area (Å²) in [6.45, 7) is 41.8. The van der Waals surface area contributed by atoms with Crippen molar-refractivity contribution >= 4 is 61.6 Å². The highest BCUT2D eigenvalue weighted by Gasteiger charge is 2.45. The number of aromatic nitrogens is 1. The Kier molecular flexibility index (Phi) is 16.7. The van der Waals surface area contributed by atoms with Crippen LogP contribution in [-0.2, 0) is 38.9 Å². The molecular formula is C105H104N4. The van der Waals surface area contributed by atoms with Crippen molar-refractivity contribution in [3.63, 3.8) is 0 Å². The molecule has 544 valence electrons. The van der Waals surface area contributed by atoms with Crippen LogP contribution in [0.2, 0.25) is 0 Å². The summed E-state index contributed by atoms with van der Waals surface area (Å²) < 4.78 is 2.57. The zero-order chi connectivity index (χ0) is 76.3. The summed E-state index contributed by atoms with van der Waals surface area (Å²) in [6, 6.07) is 104. The van der Waals surface area contributed by atoms with Gasteiger partial charge in [0.15, 0.2) is 0 Å². The fourth-order valence-corrected chi connectivity index (χ4v) is 17.8. The van der Waals surface area contributed by atoms with Gasteiger partial charge in [0.05, 0.1) is 45.2 Å². The molecule has 3 heterocycles. The van der Waals surface area contributed by atoms with Gasteiger partial charge in [-0.05, 0) is 194 Å². The number of nitrogen functional groups attached to an aromatic ring is 1. The Morgan fingerprint density at radius 2 is 0.624 bits per heavy atom. The Labute approximate surface area is 648 Å². The van der Waals surface area contributed by atoms with Gasteiger partial charge in [0.1, 0.15) is 0 Å². The molecule has 0 amide bonds. The van der Waals surface area contributed by atoms with Crippen LogP contribution < -0.4 is 15.5 Å². The molecule has 1 aliphatic carbocycles. The largest absolute Gasteiger partial charge is 0.399 e. The van der Waals surface area contributed by atoms with E-state index in [9.17, 15) is 0 Å². The van der Waals surface area contributed by atoms with Crippen molar-refractivity contribution < 1.29 is 0 Å². The molecule has 14 aromatic rings. The molecule has 17 rings (SSSR count). The van der Waals surface area contributed by atoms with Crippen molar-refractivity contribution in [2.24, 2.45) is 0 Å². The van der Waals surface area contributed by atoms with Gasteiger partial charge >= 0.3 is 0 Å². The highest BCUT2D eigenvalue weighted by molar-refractivity contribution is 6.11. The molecule has 2 aliphatic heterocycles. The van der Waals surface area contributed by atoms with E-state index in [2.05, 4.69) is 406 Å². The summed E-state index contributed by atoms with van der Waals surface area (Å²) in [5, 5.41) is 2.52. The SMILES string of the molecule is CC(C)(C)c1ccc(-c2cccc(-c3ccc(C(C)(C)C)cc3)c2N2c3cc(N)ccc3C3c4ccc(-n5c6ccc(C(C)(C)C)cc6c6cc(C(C)(C)C)ccc65)cc4N(c4c(-c5ccc(C(C)(C)C)cc5)cccc4-c4ccc(C(C)(C)C)cc4)c4cc(C5c6ccccc6Cc6ccccc65)cc2c43)cc1. The molecule has 0 fully saturated rings. The van der Waals surface area contributed by atoms with E-state index in [4.69, 9.17) is 5.73 Å². The molecule has 0 spiro atoms. The number of anilines is 7. The normalized spacial score (nSPS) is 14.5. The van der Waals surface area contributed by atoms with Crippen LogP contribution in [0.4, 0.5) is 39.8 Å². The van der Waals surface area contributed by atoms with Crippen LogP contribution in [0.5, 0.6) is 0 Å². The van der Waals surface area contributed by atoms with E-state index < -0.39 is 0 Å². The van der Waals surface area contributed by atoms with Crippen LogP contribution in [0.1, 0.15) is 214 Å². The molecular weight excluding hydrogens is 1320 g/mol. The summed E-state index contributed by atoms with van der Waals surface area (Å²) in [7, 11) is 0. The van der Waals surface area contributed by atoms with Crippen LogP contribution in [0.25, 0.3) is 72.0 Å². The first-order valence-electron chi connectivity index (χ1n) is 39.5. The molecule has 109 heavy (non-hydrogen) atoms. The Hall–Kier alpha value is -10.9. The molecule has 2 N–H and O–H groups in total. The molecule has 1 atom stereocenters. The van der Waals surface area contributed by atoms with E-state index in [-0.39, 0.29) is 44.3 Å². The average Bonchev–Trinajstić information content (AvgIpc) is 0.829. The van der Waals surface area contributed by atoms with Gasteiger partial charge < -0.3 is 20.1 Å². The molecule has 0 saturated heterocycles. The predicted octanol–water partition coefficient (Wildman–Crippen LogP) is 28.6. The smallest absolute Gasteiger partial charge is 0.0618 e. The molecule has 3 aliphatic rings. The van der Waals surface area contributed by atoms with Crippen molar-refractivity contribution in [2.75, 3.05) is 15.5 Å². The Balaban J connectivity index is 1.05. The zero-order valence-electron chi connectivity index (χ0n) is 67.2. The lowest BCUT2D eigenvalue weighted by atomic mass is 9.71. The van der Waals surface area contributed by atoms with E-state index in [1.54, 1.807) is 0 Å². The topological polar surface area (TPSA) is 37.4 Å². The summed E-state index contributed by atoms with van der Waals surface area (Å²) >= 11 is 0. The zero-order valence-corrected chi connectivity index (χ0v) is 67.2. The Morgan fingerprint density at radius 1 is 0.284 bits per heavy atom. The van der Waals surface area contributed by atoms with Crippen LogP contribution in [0.3, 0.4) is 0 Å². The number of hydrogen-bond acceptors (Lipinski definition) is 3. The maximum atomic E-state index is 7.43. The van der Waals surface area contributed by atoms with Gasteiger partial charge in [-0.2, -0.15) is 0 Å². The Morgan fingerprint density at radius 3 is 0.991 bits per heavy atom. The number of para-hydroxylation sites is 2. The first kappa shape index (κ1) is 71.0. The molecule has 13 aromatic carbocycles. The van der Waals surface area contributed by atoms with Crippen molar-refractivity contribution in [3.8, 4) is 50.2 Å². The van der Waals surface area contributed by atoms with Gasteiger partial charge in [-0.3, -0.25) is 0 Å². The monoisotopic (exact) mass is 1420 g/mol. The highest BCUT2D eigenvalue weighted by Crippen LogP contribution is 2.65. The van der Waals surface area contributed by atoms with Crippen LogP contribution in [-0.4, -0.2) is 4.57 Å². The second-order valence-electron chi connectivity index (χ2n) is 37.7. The minimum Gasteiger partial charge on any atom is -0.399 e. The standard InChI is InChI=1S/C105H104N4/c1-100(2,3)71-41-33-64(34-42-71)81-29-23-30-82(65-35-43-72(44-36-65)101(4,5)6)98(81)108-91-62-77(106)51-53-85(91)96-86-54-52-78(107-89-55-49-75(104(13,14)15)60-87(89)88-61-76(105(16,17)18)50-56-90(88)107)63-92(86)109(94-59-70(58-93(108)97(94)96)95-79-27-21-19-25-68(79)57-69-26-20-22-28-80(69)95)99-83(66-37-45-73(46-38-66)102(7,8)9)31-24-32-84(99)67-39-47-74(48-40-67)103(10,11)12/h19-56,58-63,95-96H,57,106H2,1-18H3. The number of fused-ring (bicyclic) bond motifs is 9. The van der Waals surface area contributed by atoms with Gasteiger partial charge in [-0.15, -0.1) is 0 Å². The van der Waals surface area contributed by atoms with Crippen LogP contribution in [0, 0.1) is 0 Å². The number of benzene rings is 13. The van der Waals surface area contributed by atoms with Gasteiger partial charge in [-0.1, -0.05) is 331 Å². The number of rotatable bonds is 8. The summed E-state index contributed by atoms with van der Waals surface area (Å²) in [6.07, 6.45) is 0.860. The van der Waals surface area contributed by atoms with E-state index in [0.717, 1.165) is 90.7 Å². The quantitative estimate of drug-likeness (QED) is 0.154. The molecule has 1 unspecified atom stereocenters. The lowest BCUT2D eigenvalue weighted by Crippen LogP contribution is -2.31. The molecule has 0 bridgehead atoms. The van der Waals surface area contributed by atoms with Crippen molar-refractivity contribution in [1.29, 1.82) is 0 Å². The second-order valence-corrected chi connectivity index (χ2v) is 37.7. The van der Waals surface area contributed by atoms with Crippen molar-refractivity contribution in [3.05, 3.63) is 345 Å². The minimum atomic E-state index is -0.264. The molecule has 4 nitrogen and oxygen atoms in total. The van der Waals surface area contributed by atoms with Gasteiger partial charge in [0.25, 0.3) is 0 Å². The lowest BCUT2D eigenvalue weighted by Gasteiger charge is -2.47. The van der Waals surface area contributed by atoms with Crippen molar-refractivity contribution in [2.45, 2.75) is 175 Å². The van der Waals surface area contributed by atoms with E-state index >= 15 is 0 Å². The maximum absolute atomic E-state index is 7.43. The van der Waals surface area contributed by atoms with Crippen LogP contribution >= 0.6 is 0 Å². The third kappa shape index (κ3) is 12.3. The molecule has 4 heteroatoms. The first-order valence-corrected chi connectivity index (χ1v) is 39.5. The molecule has 0 saturated carbocycles. The number of hydrogen-bond donors (Lipinski definition) is 1. The summed E-state index contributed by atoms with van der Waals surface area (Å²) in [4.78, 5) is 5.42.